The van der Waals surface area contributed by atoms with Gasteiger partial charge in [0.15, 0.2) is 0 Å². The third-order valence-electron chi connectivity index (χ3n) is 3.04. The molecular formula is C14H20N4O. The summed E-state index contributed by atoms with van der Waals surface area (Å²) in [4.78, 5) is 13.2. The normalized spacial score (nSPS) is 10.7. The van der Waals surface area contributed by atoms with Crippen molar-refractivity contribution in [3.63, 3.8) is 0 Å². The van der Waals surface area contributed by atoms with Crippen molar-refractivity contribution in [1.29, 1.82) is 5.26 Å². The fraction of sp³-hybridized carbons (Fsp3) is 0.429. The number of hydrogen-bond donors (Lipinski definition) is 2. The molecule has 1 amide bonds. The molecule has 102 valence electrons. The Labute approximate surface area is 113 Å². The fourth-order valence-corrected chi connectivity index (χ4v) is 1.82. The monoisotopic (exact) mass is 260 g/mol. The molecule has 5 nitrogen and oxygen atoms in total. The quantitative estimate of drug-likeness (QED) is 0.757. The van der Waals surface area contributed by atoms with Gasteiger partial charge in [-0.3, -0.25) is 9.69 Å². The first kappa shape index (κ1) is 15.0. The smallest absolute Gasteiger partial charge is 0.248 e. The lowest BCUT2D eigenvalue weighted by Crippen LogP contribution is -2.31. The number of primary amides is 1. The molecular weight excluding hydrogens is 240 g/mol. The Morgan fingerprint density at radius 3 is 2.63 bits per heavy atom. The molecule has 0 atom stereocenters. The molecule has 0 aliphatic rings. The van der Waals surface area contributed by atoms with Gasteiger partial charge in [0.25, 0.3) is 0 Å². The highest BCUT2D eigenvalue weighted by molar-refractivity contribution is 5.93. The highest BCUT2D eigenvalue weighted by Gasteiger charge is 2.12. The SMILES string of the molecule is CC(C)N(CCC#N)Cc1ccc(C(N)=O)cc1N. The van der Waals surface area contributed by atoms with Crippen LogP contribution < -0.4 is 11.5 Å². The number of carbonyl (C=O) groups excluding carboxylic acids is 1. The average molecular weight is 260 g/mol. The van der Waals surface area contributed by atoms with Crippen molar-refractivity contribution in [2.75, 3.05) is 12.3 Å². The van der Waals surface area contributed by atoms with E-state index in [1.54, 1.807) is 12.1 Å². The summed E-state index contributed by atoms with van der Waals surface area (Å²) in [7, 11) is 0. The third-order valence-corrected chi connectivity index (χ3v) is 3.04. The maximum Gasteiger partial charge on any atom is 0.248 e. The summed E-state index contributed by atoms with van der Waals surface area (Å²) in [6.45, 7) is 5.51. The van der Waals surface area contributed by atoms with Crippen LogP contribution in [0.1, 0.15) is 36.2 Å². The van der Waals surface area contributed by atoms with Crippen molar-refractivity contribution in [3.8, 4) is 6.07 Å². The van der Waals surface area contributed by atoms with Crippen LogP contribution in [0.15, 0.2) is 18.2 Å². The number of hydrogen-bond acceptors (Lipinski definition) is 4. The first-order valence-corrected chi connectivity index (χ1v) is 6.25. The van der Waals surface area contributed by atoms with E-state index < -0.39 is 5.91 Å². The van der Waals surface area contributed by atoms with Gasteiger partial charge >= 0.3 is 0 Å². The average Bonchev–Trinajstić information content (AvgIpc) is 2.35. The predicted molar refractivity (Wildman–Crippen MR) is 75.1 cm³/mol. The lowest BCUT2D eigenvalue weighted by molar-refractivity contribution is 0.100. The Bertz CT molecular complexity index is 491. The molecule has 0 bridgehead atoms. The maximum atomic E-state index is 11.1. The van der Waals surface area contributed by atoms with Crippen LogP contribution >= 0.6 is 0 Å². The van der Waals surface area contributed by atoms with Crippen LogP contribution in [-0.2, 0) is 6.54 Å². The van der Waals surface area contributed by atoms with Gasteiger partial charge < -0.3 is 11.5 Å². The van der Waals surface area contributed by atoms with Crippen molar-refractivity contribution >= 4 is 11.6 Å². The van der Waals surface area contributed by atoms with Crippen LogP contribution in [0.3, 0.4) is 0 Å². The molecule has 19 heavy (non-hydrogen) atoms. The summed E-state index contributed by atoms with van der Waals surface area (Å²) in [5.41, 5.74) is 13.1. The Balaban J connectivity index is 2.85. The molecule has 0 heterocycles. The molecule has 0 fully saturated rings. The van der Waals surface area contributed by atoms with Gasteiger partial charge in [-0.15, -0.1) is 0 Å². The van der Waals surface area contributed by atoms with Gasteiger partial charge in [-0.05, 0) is 31.5 Å². The molecule has 1 aromatic rings. The number of rotatable bonds is 6. The maximum absolute atomic E-state index is 11.1. The Kier molecular flexibility index (Phi) is 5.34. The van der Waals surface area contributed by atoms with Crippen molar-refractivity contribution in [1.82, 2.24) is 4.90 Å². The van der Waals surface area contributed by atoms with Gasteiger partial charge in [0, 0.05) is 36.8 Å². The first-order chi connectivity index (χ1) is 8.95. The number of nitriles is 1. The van der Waals surface area contributed by atoms with Gasteiger partial charge in [-0.1, -0.05) is 6.07 Å². The van der Waals surface area contributed by atoms with Crippen LogP contribution in [0.25, 0.3) is 0 Å². The first-order valence-electron chi connectivity index (χ1n) is 6.25. The second-order valence-corrected chi connectivity index (χ2v) is 4.75. The van der Waals surface area contributed by atoms with Crippen LogP contribution in [-0.4, -0.2) is 23.4 Å². The van der Waals surface area contributed by atoms with E-state index in [9.17, 15) is 4.79 Å². The van der Waals surface area contributed by atoms with E-state index >= 15 is 0 Å². The summed E-state index contributed by atoms with van der Waals surface area (Å²) in [5.74, 6) is -0.483. The second-order valence-electron chi connectivity index (χ2n) is 4.75. The van der Waals surface area contributed by atoms with Crippen LogP contribution in [0, 0.1) is 11.3 Å². The van der Waals surface area contributed by atoms with E-state index in [2.05, 4.69) is 24.8 Å². The number of nitrogens with two attached hydrogens (primary N) is 2. The number of nitrogen functional groups attached to an aromatic ring is 1. The van der Waals surface area contributed by atoms with Crippen LogP contribution in [0.5, 0.6) is 0 Å². The van der Waals surface area contributed by atoms with Gasteiger partial charge in [-0.2, -0.15) is 5.26 Å². The summed E-state index contributed by atoms with van der Waals surface area (Å²) in [5, 5.41) is 8.66. The summed E-state index contributed by atoms with van der Waals surface area (Å²) < 4.78 is 0. The molecule has 4 N–H and O–H groups in total. The van der Waals surface area contributed by atoms with E-state index in [1.807, 2.05) is 6.07 Å². The summed E-state index contributed by atoms with van der Waals surface area (Å²) in [6, 6.07) is 7.56. The molecule has 0 unspecified atom stereocenters. The van der Waals surface area contributed by atoms with Crippen LogP contribution in [0.2, 0.25) is 0 Å². The molecule has 0 spiro atoms. The molecule has 1 aromatic carbocycles. The number of benzene rings is 1. The van der Waals surface area contributed by atoms with E-state index in [0.29, 0.717) is 36.8 Å². The Morgan fingerprint density at radius 2 is 2.16 bits per heavy atom. The molecule has 0 aliphatic carbocycles. The molecule has 0 saturated heterocycles. The van der Waals surface area contributed by atoms with Crippen molar-refractivity contribution in [2.24, 2.45) is 5.73 Å². The standard InChI is InChI=1S/C14H20N4O/c1-10(2)18(7-3-6-15)9-12-5-4-11(14(17)19)8-13(12)16/h4-5,8,10H,3,7,9,16H2,1-2H3,(H2,17,19). The molecule has 0 radical (unpaired) electrons. The van der Waals surface area contributed by atoms with Crippen molar-refractivity contribution < 1.29 is 4.79 Å². The lowest BCUT2D eigenvalue weighted by atomic mass is 10.1. The largest absolute Gasteiger partial charge is 0.398 e. The predicted octanol–water partition coefficient (Wildman–Crippen LogP) is 1.49. The highest BCUT2D eigenvalue weighted by atomic mass is 16.1. The number of nitrogens with zero attached hydrogens (tertiary/aromatic N) is 2. The van der Waals surface area contributed by atoms with Crippen molar-refractivity contribution in [3.05, 3.63) is 29.3 Å². The molecule has 0 aromatic heterocycles. The number of anilines is 1. The van der Waals surface area contributed by atoms with E-state index in [0.717, 1.165) is 5.56 Å². The molecule has 5 heteroatoms. The zero-order valence-electron chi connectivity index (χ0n) is 11.4. The lowest BCUT2D eigenvalue weighted by Gasteiger charge is -2.26. The highest BCUT2D eigenvalue weighted by Crippen LogP contribution is 2.17. The van der Waals surface area contributed by atoms with Gasteiger partial charge in [-0.25, -0.2) is 0 Å². The minimum Gasteiger partial charge on any atom is -0.398 e. The number of carbonyl (C=O) groups is 1. The summed E-state index contributed by atoms with van der Waals surface area (Å²) >= 11 is 0. The molecule has 0 aliphatic heterocycles. The minimum atomic E-state index is -0.483. The molecule has 0 saturated carbocycles. The Morgan fingerprint density at radius 1 is 1.47 bits per heavy atom. The van der Waals surface area contributed by atoms with E-state index in [-0.39, 0.29) is 0 Å². The third kappa shape index (κ3) is 4.27. The fourth-order valence-electron chi connectivity index (χ4n) is 1.82. The van der Waals surface area contributed by atoms with Gasteiger partial charge in [0.1, 0.15) is 0 Å². The number of amides is 1. The Hall–Kier alpha value is -2.06. The second kappa shape index (κ2) is 6.76. The summed E-state index contributed by atoms with van der Waals surface area (Å²) in [6.07, 6.45) is 0.484. The minimum absolute atomic E-state index is 0.323. The van der Waals surface area contributed by atoms with Gasteiger partial charge in [0.05, 0.1) is 6.07 Å². The zero-order valence-corrected chi connectivity index (χ0v) is 11.4. The van der Waals surface area contributed by atoms with E-state index in [4.69, 9.17) is 16.7 Å². The van der Waals surface area contributed by atoms with Crippen molar-refractivity contribution in [2.45, 2.75) is 32.9 Å². The topological polar surface area (TPSA) is 96.1 Å². The van der Waals surface area contributed by atoms with Gasteiger partial charge in [0.2, 0.25) is 5.91 Å². The zero-order chi connectivity index (χ0) is 14.4. The van der Waals surface area contributed by atoms with E-state index in [1.165, 1.54) is 0 Å². The van der Waals surface area contributed by atoms with Crippen LogP contribution in [0.4, 0.5) is 5.69 Å². The molecule has 1 rings (SSSR count).